The maximum atomic E-state index is 12.9. The molecule has 98 valence electrons. The molecule has 6 heteroatoms. The number of aryl methyl sites for hydroxylation is 2. The summed E-state index contributed by atoms with van der Waals surface area (Å²) in [5.41, 5.74) is 2.32. The van der Waals surface area contributed by atoms with Gasteiger partial charge in [0.25, 0.3) is 0 Å². The molecular weight excluding hydrogens is 245 g/mol. The summed E-state index contributed by atoms with van der Waals surface area (Å²) in [6.07, 6.45) is -4.52. The first-order valence-corrected chi connectivity index (χ1v) is 5.50. The van der Waals surface area contributed by atoms with E-state index in [4.69, 9.17) is 5.11 Å². The van der Waals surface area contributed by atoms with Gasteiger partial charge in [-0.25, -0.2) is 4.98 Å². The Morgan fingerprint density at radius 3 is 2.50 bits per heavy atom. The molecule has 1 N–H and O–H groups in total. The molecule has 1 aromatic carbocycles. The van der Waals surface area contributed by atoms with Crippen LogP contribution in [0.1, 0.15) is 17.0 Å². The van der Waals surface area contributed by atoms with E-state index >= 15 is 0 Å². The molecule has 0 saturated carbocycles. The first-order valence-electron chi connectivity index (χ1n) is 5.50. The van der Waals surface area contributed by atoms with Crippen LogP contribution < -0.4 is 0 Å². The molecule has 18 heavy (non-hydrogen) atoms. The molecule has 0 fully saturated rings. The van der Waals surface area contributed by atoms with Gasteiger partial charge in [0.05, 0.1) is 17.6 Å². The normalized spacial score (nSPS) is 12.3. The van der Waals surface area contributed by atoms with E-state index in [2.05, 4.69) is 4.98 Å². The Labute approximate surface area is 102 Å². The molecule has 3 nitrogen and oxygen atoms in total. The maximum absolute atomic E-state index is 12.9. The first kappa shape index (κ1) is 12.9. The number of alkyl halides is 3. The minimum atomic E-state index is -4.52. The summed E-state index contributed by atoms with van der Waals surface area (Å²) in [6, 6.07) is 3.44. The third kappa shape index (κ3) is 2.08. The van der Waals surface area contributed by atoms with Crippen molar-refractivity contribution in [3.63, 3.8) is 0 Å². The highest BCUT2D eigenvalue weighted by Gasteiger charge is 2.37. The Hall–Kier alpha value is -1.56. The molecule has 0 aliphatic rings. The summed E-state index contributed by atoms with van der Waals surface area (Å²) in [5.74, 6) is -0.958. The Morgan fingerprint density at radius 2 is 1.94 bits per heavy atom. The topological polar surface area (TPSA) is 38.0 Å². The van der Waals surface area contributed by atoms with Gasteiger partial charge >= 0.3 is 6.18 Å². The van der Waals surface area contributed by atoms with Gasteiger partial charge in [-0.15, -0.1) is 0 Å². The summed E-state index contributed by atoms with van der Waals surface area (Å²) in [4.78, 5) is 3.67. The predicted molar refractivity (Wildman–Crippen MR) is 61.3 cm³/mol. The fraction of sp³-hybridized carbons (Fsp3) is 0.417. The van der Waals surface area contributed by atoms with Crippen molar-refractivity contribution in [2.24, 2.45) is 0 Å². The molecule has 0 aliphatic heterocycles. The lowest BCUT2D eigenvalue weighted by atomic mass is 10.1. The van der Waals surface area contributed by atoms with Gasteiger partial charge in [-0.1, -0.05) is 6.07 Å². The predicted octanol–water partition coefficient (Wildman–Crippen LogP) is 2.66. The smallest absolute Gasteiger partial charge is 0.395 e. The van der Waals surface area contributed by atoms with E-state index < -0.39 is 12.0 Å². The molecule has 0 unspecified atom stereocenters. The first-order chi connectivity index (χ1) is 8.34. The monoisotopic (exact) mass is 258 g/mol. The van der Waals surface area contributed by atoms with Crippen molar-refractivity contribution >= 4 is 11.0 Å². The van der Waals surface area contributed by atoms with Crippen LogP contribution in [0.4, 0.5) is 13.2 Å². The number of aromatic nitrogens is 2. The highest BCUT2D eigenvalue weighted by atomic mass is 19.4. The highest BCUT2D eigenvalue weighted by Crippen LogP contribution is 2.32. The van der Waals surface area contributed by atoms with Crippen molar-refractivity contribution in [3.05, 3.63) is 29.1 Å². The van der Waals surface area contributed by atoms with Crippen LogP contribution in [-0.4, -0.2) is 21.3 Å². The number of hydrogen-bond donors (Lipinski definition) is 1. The molecule has 0 atom stereocenters. The van der Waals surface area contributed by atoms with E-state index in [0.717, 1.165) is 10.1 Å². The number of nitrogens with zero attached hydrogens (tertiary/aromatic N) is 2. The maximum Gasteiger partial charge on any atom is 0.449 e. The van der Waals surface area contributed by atoms with Crippen LogP contribution in [0.2, 0.25) is 0 Å². The SMILES string of the molecule is Cc1cc(C)c2nc(C(F)(F)F)n(CCO)c2c1. The molecule has 2 aromatic rings. The lowest BCUT2D eigenvalue weighted by Crippen LogP contribution is -2.16. The second kappa shape index (κ2) is 4.28. The molecule has 1 heterocycles. The molecule has 1 aromatic heterocycles. The summed E-state index contributed by atoms with van der Waals surface area (Å²) < 4.78 is 39.7. The number of fused-ring (bicyclic) bond motifs is 1. The van der Waals surface area contributed by atoms with Gasteiger partial charge in [0.2, 0.25) is 5.82 Å². The molecule has 0 bridgehead atoms. The van der Waals surface area contributed by atoms with E-state index in [-0.39, 0.29) is 13.2 Å². The molecule has 0 radical (unpaired) electrons. The number of benzene rings is 1. The highest BCUT2D eigenvalue weighted by molar-refractivity contribution is 5.80. The number of rotatable bonds is 2. The summed E-state index contributed by atoms with van der Waals surface area (Å²) >= 11 is 0. The van der Waals surface area contributed by atoms with Crippen LogP contribution in [0, 0.1) is 13.8 Å². The fourth-order valence-corrected chi connectivity index (χ4v) is 2.11. The Balaban J connectivity index is 2.79. The van der Waals surface area contributed by atoms with Crippen molar-refractivity contribution < 1.29 is 18.3 Å². The molecule has 0 amide bonds. The number of halogens is 3. The van der Waals surface area contributed by atoms with E-state index in [1.54, 1.807) is 19.1 Å². The fourth-order valence-electron chi connectivity index (χ4n) is 2.11. The van der Waals surface area contributed by atoms with Gasteiger partial charge in [0, 0.05) is 6.54 Å². The van der Waals surface area contributed by atoms with Gasteiger partial charge in [0.15, 0.2) is 0 Å². The second-order valence-corrected chi connectivity index (χ2v) is 4.26. The lowest BCUT2D eigenvalue weighted by Gasteiger charge is -2.09. The van der Waals surface area contributed by atoms with Crippen LogP contribution in [0.3, 0.4) is 0 Å². The van der Waals surface area contributed by atoms with Gasteiger partial charge < -0.3 is 9.67 Å². The Bertz CT molecular complexity index is 587. The van der Waals surface area contributed by atoms with Gasteiger partial charge in [-0.2, -0.15) is 13.2 Å². The Kier molecular flexibility index (Phi) is 3.06. The van der Waals surface area contributed by atoms with Gasteiger partial charge in [0.1, 0.15) is 0 Å². The second-order valence-electron chi connectivity index (χ2n) is 4.26. The molecule has 0 aliphatic carbocycles. The van der Waals surface area contributed by atoms with E-state index in [0.29, 0.717) is 16.6 Å². The average Bonchev–Trinajstić information content (AvgIpc) is 2.58. The quantitative estimate of drug-likeness (QED) is 0.899. The molecule has 2 rings (SSSR count). The van der Waals surface area contributed by atoms with E-state index in [1.807, 2.05) is 6.92 Å². The number of aliphatic hydroxyl groups excluding tert-OH is 1. The summed E-state index contributed by atoms with van der Waals surface area (Å²) in [7, 11) is 0. The Morgan fingerprint density at radius 1 is 1.28 bits per heavy atom. The molecule has 0 spiro atoms. The average molecular weight is 258 g/mol. The minimum absolute atomic E-state index is 0.117. The van der Waals surface area contributed by atoms with E-state index in [1.165, 1.54) is 0 Å². The number of imidazole rings is 1. The van der Waals surface area contributed by atoms with Crippen LogP contribution >= 0.6 is 0 Å². The van der Waals surface area contributed by atoms with Gasteiger partial charge in [-0.05, 0) is 31.0 Å². The number of hydrogen-bond acceptors (Lipinski definition) is 2. The largest absolute Gasteiger partial charge is 0.449 e. The summed E-state index contributed by atoms with van der Waals surface area (Å²) in [6.45, 7) is 3.07. The lowest BCUT2D eigenvalue weighted by molar-refractivity contribution is -0.147. The zero-order valence-electron chi connectivity index (χ0n) is 10.0. The third-order valence-corrected chi connectivity index (χ3v) is 2.77. The molecule has 0 saturated heterocycles. The third-order valence-electron chi connectivity index (χ3n) is 2.77. The summed E-state index contributed by atoms with van der Waals surface area (Å²) in [5, 5.41) is 8.91. The standard InChI is InChI=1S/C12H13F3N2O/c1-7-5-8(2)10-9(6-7)17(3-4-18)11(16-10)12(13,14)15/h5-6,18H,3-4H2,1-2H3. The van der Waals surface area contributed by atoms with Crippen LogP contribution in [-0.2, 0) is 12.7 Å². The van der Waals surface area contributed by atoms with Crippen LogP contribution in [0.25, 0.3) is 11.0 Å². The van der Waals surface area contributed by atoms with Gasteiger partial charge in [-0.3, -0.25) is 0 Å². The minimum Gasteiger partial charge on any atom is -0.395 e. The van der Waals surface area contributed by atoms with E-state index in [9.17, 15) is 13.2 Å². The van der Waals surface area contributed by atoms with Crippen molar-refractivity contribution in [3.8, 4) is 0 Å². The van der Waals surface area contributed by atoms with Crippen molar-refractivity contribution in [2.45, 2.75) is 26.6 Å². The molecular formula is C12H13F3N2O. The zero-order valence-corrected chi connectivity index (χ0v) is 10.0. The van der Waals surface area contributed by atoms with Crippen LogP contribution in [0.5, 0.6) is 0 Å². The zero-order chi connectivity index (χ0) is 13.5. The van der Waals surface area contributed by atoms with Crippen molar-refractivity contribution in [1.82, 2.24) is 9.55 Å². The van der Waals surface area contributed by atoms with Crippen molar-refractivity contribution in [2.75, 3.05) is 6.61 Å². The number of aliphatic hydroxyl groups is 1. The van der Waals surface area contributed by atoms with Crippen molar-refractivity contribution in [1.29, 1.82) is 0 Å². The van der Waals surface area contributed by atoms with Crippen LogP contribution in [0.15, 0.2) is 12.1 Å².